The Morgan fingerprint density at radius 2 is 2.00 bits per heavy atom. The van der Waals surface area contributed by atoms with Gasteiger partial charge in [-0.1, -0.05) is 27.5 Å². The Kier molecular flexibility index (Phi) is 4.69. The van der Waals surface area contributed by atoms with E-state index in [4.69, 9.17) is 22.1 Å². The summed E-state index contributed by atoms with van der Waals surface area (Å²) in [6, 6.07) is 7.06. The van der Waals surface area contributed by atoms with Crippen molar-refractivity contribution in [2.75, 3.05) is 12.8 Å². The Morgan fingerprint density at radius 1 is 1.29 bits per heavy atom. The molecule has 0 fully saturated rings. The first-order valence-corrected chi connectivity index (χ1v) is 6.89. The van der Waals surface area contributed by atoms with Crippen molar-refractivity contribution in [3.63, 3.8) is 0 Å². The molecule has 0 bridgehead atoms. The van der Waals surface area contributed by atoms with Gasteiger partial charge in [0.05, 0.1) is 17.7 Å². The van der Waals surface area contributed by atoms with Crippen LogP contribution in [0.2, 0.25) is 5.02 Å². The molecule has 0 aliphatic rings. The summed E-state index contributed by atoms with van der Waals surface area (Å²) in [6.07, 6.45) is 0. The summed E-state index contributed by atoms with van der Waals surface area (Å²) in [6.45, 7) is 0. The number of halogens is 3. The van der Waals surface area contributed by atoms with Crippen LogP contribution in [0.25, 0.3) is 0 Å². The van der Waals surface area contributed by atoms with E-state index in [0.29, 0.717) is 9.50 Å². The Morgan fingerprint density at radius 3 is 2.67 bits per heavy atom. The number of benzene rings is 2. The second-order valence-corrected chi connectivity index (χ2v) is 5.36. The lowest BCUT2D eigenvalue weighted by atomic mass is 10.1. The lowest BCUT2D eigenvalue weighted by molar-refractivity contribution is 0.0601. The van der Waals surface area contributed by atoms with Crippen LogP contribution in [0.5, 0.6) is 11.5 Å². The van der Waals surface area contributed by atoms with E-state index in [-0.39, 0.29) is 22.7 Å². The first-order chi connectivity index (χ1) is 9.92. The van der Waals surface area contributed by atoms with Crippen LogP contribution >= 0.6 is 27.5 Å². The van der Waals surface area contributed by atoms with E-state index in [2.05, 4.69) is 20.7 Å². The Hall–Kier alpha value is -1.79. The van der Waals surface area contributed by atoms with Gasteiger partial charge in [0.1, 0.15) is 5.75 Å². The minimum Gasteiger partial charge on any atom is -0.465 e. The summed E-state index contributed by atoms with van der Waals surface area (Å²) in [5.41, 5.74) is 5.56. The first-order valence-electron chi connectivity index (χ1n) is 5.72. The molecule has 0 saturated carbocycles. The molecule has 2 aromatic rings. The van der Waals surface area contributed by atoms with Gasteiger partial charge in [0.2, 0.25) is 0 Å². The number of carbonyl (C=O) groups excluding carboxylic acids is 1. The van der Waals surface area contributed by atoms with Crippen LogP contribution in [0, 0.1) is 5.82 Å². The highest BCUT2D eigenvalue weighted by molar-refractivity contribution is 9.10. The van der Waals surface area contributed by atoms with E-state index in [1.807, 2.05) is 0 Å². The van der Waals surface area contributed by atoms with Gasteiger partial charge in [-0.3, -0.25) is 0 Å². The second kappa shape index (κ2) is 6.32. The zero-order valence-corrected chi connectivity index (χ0v) is 13.2. The minimum absolute atomic E-state index is 0.0139. The fraction of sp³-hybridized carbons (Fsp3) is 0.0714. The number of nitrogen functional groups attached to an aromatic ring is 1. The van der Waals surface area contributed by atoms with Gasteiger partial charge in [0.25, 0.3) is 0 Å². The van der Waals surface area contributed by atoms with Crippen molar-refractivity contribution in [2.24, 2.45) is 0 Å². The van der Waals surface area contributed by atoms with Crippen LogP contribution in [-0.2, 0) is 4.74 Å². The number of hydrogen-bond donors (Lipinski definition) is 1. The molecule has 2 rings (SSSR count). The quantitative estimate of drug-likeness (QED) is 0.639. The largest absolute Gasteiger partial charge is 0.465 e. The number of hydrogen-bond acceptors (Lipinski definition) is 4. The van der Waals surface area contributed by atoms with Crippen LogP contribution in [0.4, 0.5) is 10.1 Å². The molecule has 0 atom stereocenters. The summed E-state index contributed by atoms with van der Waals surface area (Å²) in [4.78, 5) is 11.6. The number of carbonyl (C=O) groups is 1. The normalized spacial score (nSPS) is 10.3. The highest BCUT2D eigenvalue weighted by Gasteiger charge is 2.17. The Balaban J connectivity index is 2.44. The van der Waals surface area contributed by atoms with Gasteiger partial charge in [-0.05, 0) is 18.2 Å². The van der Waals surface area contributed by atoms with Crippen LogP contribution in [0.1, 0.15) is 10.4 Å². The third kappa shape index (κ3) is 3.46. The molecule has 0 amide bonds. The van der Waals surface area contributed by atoms with Crippen LogP contribution in [-0.4, -0.2) is 13.1 Å². The molecular weight excluding hydrogens is 365 g/mol. The molecule has 2 N–H and O–H groups in total. The first kappa shape index (κ1) is 15.6. The molecule has 110 valence electrons. The van der Waals surface area contributed by atoms with Gasteiger partial charge in [0, 0.05) is 22.3 Å². The van der Waals surface area contributed by atoms with Gasteiger partial charge in [-0.25, -0.2) is 9.18 Å². The molecule has 0 heterocycles. The van der Waals surface area contributed by atoms with Gasteiger partial charge < -0.3 is 15.2 Å². The second-order valence-electron chi connectivity index (χ2n) is 4.04. The van der Waals surface area contributed by atoms with Crippen molar-refractivity contribution in [2.45, 2.75) is 0 Å². The molecule has 0 saturated heterocycles. The van der Waals surface area contributed by atoms with Crippen molar-refractivity contribution in [1.29, 1.82) is 0 Å². The number of ether oxygens (including phenoxy) is 2. The van der Waals surface area contributed by atoms with Crippen molar-refractivity contribution in [3.8, 4) is 11.5 Å². The van der Waals surface area contributed by atoms with E-state index in [1.165, 1.54) is 13.2 Å². The fourth-order valence-electron chi connectivity index (χ4n) is 1.61. The highest BCUT2D eigenvalue weighted by atomic mass is 79.9. The molecule has 0 aliphatic carbocycles. The minimum atomic E-state index is -0.712. The van der Waals surface area contributed by atoms with Crippen molar-refractivity contribution in [1.82, 2.24) is 0 Å². The number of nitrogens with two attached hydrogens (primary N) is 1. The summed E-state index contributed by atoms with van der Waals surface area (Å²) >= 11 is 9.24. The lowest BCUT2D eigenvalue weighted by Crippen LogP contribution is -2.07. The molecular formula is C14H10BrClFNO3. The molecule has 2 aromatic carbocycles. The van der Waals surface area contributed by atoms with E-state index >= 15 is 0 Å². The van der Waals surface area contributed by atoms with E-state index in [1.54, 1.807) is 18.2 Å². The van der Waals surface area contributed by atoms with Crippen molar-refractivity contribution < 1.29 is 18.7 Å². The summed E-state index contributed by atoms with van der Waals surface area (Å²) in [5.74, 6) is -1.33. The van der Waals surface area contributed by atoms with E-state index in [9.17, 15) is 9.18 Å². The van der Waals surface area contributed by atoms with Gasteiger partial charge in [-0.2, -0.15) is 0 Å². The maximum Gasteiger partial charge on any atom is 0.340 e. The number of anilines is 1. The number of esters is 1. The SMILES string of the molecule is COC(=O)c1cc(Oc2cc(Br)ccc2Cl)c(F)cc1N. The number of methoxy groups -OCH3 is 1. The number of rotatable bonds is 3. The molecule has 0 aliphatic heterocycles. The van der Waals surface area contributed by atoms with E-state index < -0.39 is 11.8 Å². The molecule has 0 spiro atoms. The summed E-state index contributed by atoms with van der Waals surface area (Å²) in [5, 5.41) is 0.300. The fourth-order valence-corrected chi connectivity index (χ4v) is 2.10. The third-order valence-corrected chi connectivity index (χ3v) is 3.43. The zero-order chi connectivity index (χ0) is 15.6. The van der Waals surface area contributed by atoms with E-state index in [0.717, 1.165) is 6.07 Å². The molecule has 0 radical (unpaired) electrons. The summed E-state index contributed by atoms with van der Waals surface area (Å²) in [7, 11) is 1.21. The zero-order valence-electron chi connectivity index (χ0n) is 10.8. The van der Waals surface area contributed by atoms with Gasteiger partial charge in [-0.15, -0.1) is 0 Å². The smallest absolute Gasteiger partial charge is 0.340 e. The topological polar surface area (TPSA) is 61.5 Å². The molecule has 4 nitrogen and oxygen atoms in total. The maximum absolute atomic E-state index is 13.9. The predicted octanol–water partition coefficient (Wildman–Crippen LogP) is 4.40. The predicted molar refractivity (Wildman–Crippen MR) is 81.4 cm³/mol. The standard InChI is InChI=1S/C14H10BrClFNO3/c1-20-14(19)8-5-13(10(17)6-11(8)18)21-12-4-7(15)2-3-9(12)16/h2-6H,18H2,1H3. The highest BCUT2D eigenvalue weighted by Crippen LogP contribution is 2.34. The van der Waals surface area contributed by atoms with Crippen molar-refractivity contribution in [3.05, 3.63) is 51.2 Å². The maximum atomic E-state index is 13.9. The monoisotopic (exact) mass is 373 g/mol. The molecule has 0 aromatic heterocycles. The summed E-state index contributed by atoms with van der Waals surface area (Å²) < 4.78 is 24.6. The Bertz CT molecular complexity index is 709. The van der Waals surface area contributed by atoms with Crippen LogP contribution in [0.3, 0.4) is 0 Å². The average Bonchev–Trinajstić information content (AvgIpc) is 2.44. The lowest BCUT2D eigenvalue weighted by Gasteiger charge is -2.11. The van der Waals surface area contributed by atoms with Crippen molar-refractivity contribution >= 4 is 39.2 Å². The molecule has 21 heavy (non-hydrogen) atoms. The Labute approximate surface area is 133 Å². The van der Waals surface area contributed by atoms with Gasteiger partial charge >= 0.3 is 5.97 Å². The third-order valence-electron chi connectivity index (χ3n) is 2.62. The molecule has 0 unspecified atom stereocenters. The van der Waals surface area contributed by atoms with Crippen LogP contribution < -0.4 is 10.5 Å². The average molecular weight is 375 g/mol. The van der Waals surface area contributed by atoms with Crippen LogP contribution in [0.15, 0.2) is 34.8 Å². The molecule has 7 heteroatoms. The van der Waals surface area contributed by atoms with Gasteiger partial charge in [0.15, 0.2) is 11.6 Å².